The van der Waals surface area contributed by atoms with Crippen LogP contribution < -0.4 is 5.73 Å². The molecule has 0 aliphatic heterocycles. The summed E-state index contributed by atoms with van der Waals surface area (Å²) in [6.07, 6.45) is 0.182. The van der Waals surface area contributed by atoms with Gasteiger partial charge in [-0.05, 0) is 23.7 Å². The summed E-state index contributed by atoms with van der Waals surface area (Å²) >= 11 is 0. The molecule has 0 aliphatic rings. The standard InChI is InChI=1S/C17H29NO3Si/c1-17(2,3)22(4,5)21-13-15(18)11-16(19)20-12-14-9-7-6-8-10-14/h6-10,15H,11-13,18H2,1-5H3/t15-/m0/s1. The third-order valence-electron chi connectivity index (χ3n) is 4.14. The number of ether oxygens (including phenoxy) is 1. The zero-order valence-electron chi connectivity index (χ0n) is 14.4. The molecule has 4 nitrogen and oxygen atoms in total. The molecule has 22 heavy (non-hydrogen) atoms. The highest BCUT2D eigenvalue weighted by molar-refractivity contribution is 6.74. The summed E-state index contributed by atoms with van der Waals surface area (Å²) in [7, 11) is -1.82. The van der Waals surface area contributed by atoms with Gasteiger partial charge in [-0.3, -0.25) is 4.79 Å². The molecule has 1 aromatic carbocycles. The number of carbonyl (C=O) groups excluding carboxylic acids is 1. The Bertz CT molecular complexity index is 469. The second kappa shape index (κ2) is 7.90. The fourth-order valence-corrected chi connectivity index (χ4v) is 2.67. The van der Waals surface area contributed by atoms with Gasteiger partial charge in [0.2, 0.25) is 0 Å². The molecular weight excluding hydrogens is 294 g/mol. The monoisotopic (exact) mass is 323 g/mol. The summed E-state index contributed by atoms with van der Waals surface area (Å²) in [6.45, 7) is 11.6. The minimum atomic E-state index is -1.82. The molecule has 5 heteroatoms. The van der Waals surface area contributed by atoms with Crippen LogP contribution in [0.15, 0.2) is 30.3 Å². The number of hydrogen-bond donors (Lipinski definition) is 1. The molecule has 124 valence electrons. The lowest BCUT2D eigenvalue weighted by molar-refractivity contribution is -0.145. The maximum Gasteiger partial charge on any atom is 0.307 e. The maximum absolute atomic E-state index is 11.8. The number of nitrogens with two attached hydrogens (primary N) is 1. The molecular formula is C17H29NO3Si. The Kier molecular flexibility index (Phi) is 6.78. The van der Waals surface area contributed by atoms with E-state index in [1.165, 1.54) is 0 Å². The first kappa shape index (κ1) is 18.9. The average Bonchev–Trinajstić information content (AvgIpc) is 2.43. The lowest BCUT2D eigenvalue weighted by atomic mass is 10.2. The van der Waals surface area contributed by atoms with E-state index in [1.54, 1.807) is 0 Å². The number of esters is 1. The topological polar surface area (TPSA) is 61.5 Å². The molecule has 0 unspecified atom stereocenters. The van der Waals surface area contributed by atoms with Gasteiger partial charge >= 0.3 is 5.97 Å². The van der Waals surface area contributed by atoms with E-state index >= 15 is 0 Å². The van der Waals surface area contributed by atoms with Gasteiger partial charge < -0.3 is 14.9 Å². The first-order chi connectivity index (χ1) is 10.1. The Balaban J connectivity index is 2.33. The number of hydrogen-bond acceptors (Lipinski definition) is 4. The van der Waals surface area contributed by atoms with E-state index in [2.05, 4.69) is 33.9 Å². The van der Waals surface area contributed by atoms with Gasteiger partial charge in [0.05, 0.1) is 6.42 Å². The van der Waals surface area contributed by atoms with E-state index in [0.717, 1.165) is 5.56 Å². The minimum absolute atomic E-state index is 0.139. The molecule has 0 radical (unpaired) electrons. The molecule has 0 bridgehead atoms. The summed E-state index contributed by atoms with van der Waals surface area (Å²) < 4.78 is 11.3. The Morgan fingerprint density at radius 1 is 1.23 bits per heavy atom. The van der Waals surface area contributed by atoms with Crippen molar-refractivity contribution in [3.05, 3.63) is 35.9 Å². The van der Waals surface area contributed by atoms with Gasteiger partial charge in [-0.25, -0.2) is 0 Å². The average molecular weight is 324 g/mol. The summed E-state index contributed by atoms with van der Waals surface area (Å²) in [5, 5.41) is 0.139. The summed E-state index contributed by atoms with van der Waals surface area (Å²) in [5.41, 5.74) is 6.96. The Morgan fingerprint density at radius 2 is 1.82 bits per heavy atom. The van der Waals surface area contributed by atoms with E-state index < -0.39 is 8.32 Å². The summed E-state index contributed by atoms with van der Waals surface area (Å²) in [4.78, 5) is 11.8. The molecule has 1 aromatic rings. The van der Waals surface area contributed by atoms with E-state index in [4.69, 9.17) is 14.9 Å². The van der Waals surface area contributed by atoms with E-state index in [0.29, 0.717) is 6.61 Å². The normalized spacial score (nSPS) is 13.7. The van der Waals surface area contributed by atoms with Crippen LogP contribution in [0.2, 0.25) is 18.1 Å². The second-order valence-electron chi connectivity index (χ2n) is 7.18. The van der Waals surface area contributed by atoms with Crippen LogP contribution in [0.3, 0.4) is 0 Å². The van der Waals surface area contributed by atoms with Gasteiger partial charge in [-0.15, -0.1) is 0 Å². The molecule has 0 aliphatic carbocycles. The third-order valence-corrected chi connectivity index (χ3v) is 8.64. The Hall–Kier alpha value is -1.17. The molecule has 0 saturated heterocycles. The van der Waals surface area contributed by atoms with Gasteiger partial charge in [-0.2, -0.15) is 0 Å². The van der Waals surface area contributed by atoms with Crippen LogP contribution in [-0.2, 0) is 20.6 Å². The molecule has 1 rings (SSSR count). The fourth-order valence-electron chi connectivity index (χ4n) is 1.60. The van der Waals surface area contributed by atoms with Crippen LogP contribution in [0.25, 0.3) is 0 Å². The van der Waals surface area contributed by atoms with Gasteiger partial charge in [0.25, 0.3) is 0 Å². The largest absolute Gasteiger partial charge is 0.461 e. The SMILES string of the molecule is CC(C)(C)[Si](C)(C)OC[C@@H](N)CC(=O)OCc1ccccc1. The molecule has 0 amide bonds. The number of rotatable bonds is 7. The van der Waals surface area contributed by atoms with Crippen molar-refractivity contribution in [1.82, 2.24) is 0 Å². The van der Waals surface area contributed by atoms with Crippen molar-refractivity contribution in [3.8, 4) is 0 Å². The van der Waals surface area contributed by atoms with E-state index in [1.807, 2.05) is 30.3 Å². The van der Waals surface area contributed by atoms with Crippen LogP contribution in [0.1, 0.15) is 32.8 Å². The highest BCUT2D eigenvalue weighted by Gasteiger charge is 2.37. The molecule has 1 atom stereocenters. The first-order valence-corrected chi connectivity index (χ1v) is 10.6. The van der Waals surface area contributed by atoms with Crippen molar-refractivity contribution < 1.29 is 14.0 Å². The van der Waals surface area contributed by atoms with Gasteiger partial charge in [-0.1, -0.05) is 51.1 Å². The van der Waals surface area contributed by atoms with Crippen LogP contribution in [0.4, 0.5) is 0 Å². The van der Waals surface area contributed by atoms with Crippen molar-refractivity contribution in [2.24, 2.45) is 5.73 Å². The van der Waals surface area contributed by atoms with Crippen molar-refractivity contribution in [1.29, 1.82) is 0 Å². The van der Waals surface area contributed by atoms with Crippen molar-refractivity contribution >= 4 is 14.3 Å². The van der Waals surface area contributed by atoms with Crippen LogP contribution >= 0.6 is 0 Å². The quantitative estimate of drug-likeness (QED) is 0.616. The third kappa shape index (κ3) is 6.30. The Labute approximate surface area is 135 Å². The zero-order valence-corrected chi connectivity index (χ0v) is 15.4. The van der Waals surface area contributed by atoms with Crippen LogP contribution in [0, 0.1) is 0 Å². The fraction of sp³-hybridized carbons (Fsp3) is 0.588. The molecule has 0 heterocycles. The number of benzene rings is 1. The highest BCUT2D eigenvalue weighted by atomic mass is 28.4. The van der Waals surface area contributed by atoms with Crippen molar-refractivity contribution in [3.63, 3.8) is 0 Å². The molecule has 0 aromatic heterocycles. The molecule has 0 spiro atoms. The van der Waals surface area contributed by atoms with Gasteiger partial charge in [0.1, 0.15) is 6.61 Å². The highest BCUT2D eigenvalue weighted by Crippen LogP contribution is 2.36. The lowest BCUT2D eigenvalue weighted by Gasteiger charge is -2.36. The van der Waals surface area contributed by atoms with E-state index in [9.17, 15) is 4.79 Å². The lowest BCUT2D eigenvalue weighted by Crippen LogP contribution is -2.44. The zero-order chi connectivity index (χ0) is 16.8. The maximum atomic E-state index is 11.8. The van der Waals surface area contributed by atoms with Crippen molar-refractivity contribution in [2.45, 2.75) is 58.0 Å². The van der Waals surface area contributed by atoms with Gasteiger partial charge in [0.15, 0.2) is 8.32 Å². The number of carbonyl (C=O) groups is 1. The van der Waals surface area contributed by atoms with Crippen molar-refractivity contribution in [2.75, 3.05) is 6.61 Å². The van der Waals surface area contributed by atoms with Crippen LogP contribution in [0.5, 0.6) is 0 Å². The predicted molar refractivity (Wildman–Crippen MR) is 92.0 cm³/mol. The van der Waals surface area contributed by atoms with Crippen LogP contribution in [-0.4, -0.2) is 26.9 Å². The Morgan fingerprint density at radius 3 is 2.36 bits per heavy atom. The van der Waals surface area contributed by atoms with E-state index in [-0.39, 0.29) is 30.1 Å². The predicted octanol–water partition coefficient (Wildman–Crippen LogP) is 3.47. The smallest absolute Gasteiger partial charge is 0.307 e. The minimum Gasteiger partial charge on any atom is -0.461 e. The summed E-state index contributed by atoms with van der Waals surface area (Å²) in [5.74, 6) is -0.282. The van der Waals surface area contributed by atoms with Gasteiger partial charge in [0, 0.05) is 12.6 Å². The first-order valence-electron chi connectivity index (χ1n) is 7.71. The molecule has 0 fully saturated rings. The summed E-state index contributed by atoms with van der Waals surface area (Å²) in [6, 6.07) is 9.29. The molecule has 2 N–H and O–H groups in total. The second-order valence-corrected chi connectivity index (χ2v) is 12.0. The molecule has 0 saturated carbocycles.